The van der Waals surface area contributed by atoms with Gasteiger partial charge in [0.25, 0.3) is 0 Å². The van der Waals surface area contributed by atoms with Gasteiger partial charge < -0.3 is 9.84 Å². The van der Waals surface area contributed by atoms with Crippen LogP contribution in [0.25, 0.3) is 6.08 Å². The molecule has 1 amide bonds. The number of carbonyl (C=O) groups is 1. The zero-order chi connectivity index (χ0) is 21.3. The second-order valence-corrected chi connectivity index (χ2v) is 10.2. The summed E-state index contributed by atoms with van der Waals surface area (Å²) in [5, 5.41) is 6.96. The minimum atomic E-state index is -3.20. The molecule has 1 aliphatic heterocycles. The van der Waals surface area contributed by atoms with E-state index in [1.165, 1.54) is 10.4 Å². The summed E-state index contributed by atoms with van der Waals surface area (Å²) in [6.45, 7) is 4.48. The lowest BCUT2D eigenvalue weighted by atomic mass is 10.0. The van der Waals surface area contributed by atoms with E-state index in [1.807, 2.05) is 13.8 Å². The Balaban J connectivity index is 1.39. The van der Waals surface area contributed by atoms with Crippen molar-refractivity contribution in [3.05, 3.63) is 47.6 Å². The molecule has 2 fully saturated rings. The zero-order valence-electron chi connectivity index (χ0n) is 17.1. The van der Waals surface area contributed by atoms with Crippen molar-refractivity contribution in [2.24, 2.45) is 5.92 Å². The summed E-state index contributed by atoms with van der Waals surface area (Å²) in [5.41, 5.74) is 1.46. The van der Waals surface area contributed by atoms with E-state index >= 15 is 0 Å². The van der Waals surface area contributed by atoms with Crippen LogP contribution in [0.1, 0.15) is 62.3 Å². The minimum absolute atomic E-state index is 0.0940. The first-order chi connectivity index (χ1) is 14.3. The molecule has 4 rings (SSSR count). The van der Waals surface area contributed by atoms with Gasteiger partial charge in [0.2, 0.25) is 21.8 Å². The van der Waals surface area contributed by atoms with Crippen molar-refractivity contribution in [1.29, 1.82) is 0 Å². The number of carbonyl (C=O) groups excluding carboxylic acids is 1. The first kappa shape index (κ1) is 20.6. The summed E-state index contributed by atoms with van der Waals surface area (Å²) in [4.78, 5) is 16.9. The van der Waals surface area contributed by atoms with Crippen molar-refractivity contribution in [2.75, 3.05) is 16.6 Å². The molecule has 0 spiro atoms. The van der Waals surface area contributed by atoms with Gasteiger partial charge in [-0.25, -0.2) is 8.42 Å². The Morgan fingerprint density at radius 1 is 1.27 bits per heavy atom. The minimum Gasteiger partial charge on any atom is -0.340 e. The second-order valence-electron chi connectivity index (χ2n) is 8.16. The highest BCUT2D eigenvalue weighted by molar-refractivity contribution is 7.93. The Kier molecular flexibility index (Phi) is 5.64. The van der Waals surface area contributed by atoms with Gasteiger partial charge in [0.1, 0.15) is 6.04 Å². The van der Waals surface area contributed by atoms with Crippen LogP contribution in [-0.2, 0) is 14.8 Å². The second kappa shape index (κ2) is 8.22. The quantitative estimate of drug-likeness (QED) is 0.677. The van der Waals surface area contributed by atoms with Gasteiger partial charge >= 0.3 is 0 Å². The molecule has 9 heteroatoms. The average molecular weight is 431 g/mol. The van der Waals surface area contributed by atoms with E-state index in [0.717, 1.165) is 24.2 Å². The number of hydrogen-bond acceptors (Lipinski definition) is 6. The van der Waals surface area contributed by atoms with Crippen molar-refractivity contribution in [3.63, 3.8) is 0 Å². The number of hydrogen-bond donors (Lipinski definition) is 1. The normalized spacial score (nSPS) is 19.5. The van der Waals surface area contributed by atoms with E-state index in [0.29, 0.717) is 30.5 Å². The lowest BCUT2D eigenvalue weighted by Crippen LogP contribution is -2.30. The number of anilines is 1. The van der Waals surface area contributed by atoms with E-state index in [4.69, 9.17) is 4.52 Å². The summed E-state index contributed by atoms with van der Waals surface area (Å²) in [6.07, 6.45) is 5.96. The molecule has 1 aromatic carbocycles. The molecule has 2 aliphatic rings. The van der Waals surface area contributed by atoms with Crippen LogP contribution in [0.15, 0.2) is 34.9 Å². The molecule has 2 heterocycles. The molecule has 1 aromatic heterocycles. The van der Waals surface area contributed by atoms with Crippen LogP contribution in [0, 0.1) is 5.92 Å². The fourth-order valence-corrected chi connectivity index (χ4v) is 5.01. The third-order valence-electron chi connectivity index (χ3n) is 5.34. The topological polar surface area (TPSA) is 105 Å². The third kappa shape index (κ3) is 4.56. The van der Waals surface area contributed by atoms with Crippen LogP contribution in [0.2, 0.25) is 0 Å². The molecule has 1 atom stereocenters. The molecule has 30 heavy (non-hydrogen) atoms. The van der Waals surface area contributed by atoms with Crippen LogP contribution in [0.3, 0.4) is 0 Å². The number of benzene rings is 1. The van der Waals surface area contributed by atoms with Crippen molar-refractivity contribution in [1.82, 2.24) is 15.5 Å². The highest BCUT2D eigenvalue weighted by Gasteiger charge is 2.31. The number of aromatic nitrogens is 2. The number of nitrogens with zero attached hydrogens (tertiary/aromatic N) is 3. The van der Waals surface area contributed by atoms with Gasteiger partial charge in [0.05, 0.1) is 11.4 Å². The van der Waals surface area contributed by atoms with Gasteiger partial charge in [-0.2, -0.15) is 4.98 Å². The Bertz CT molecular complexity index is 1040. The predicted molar refractivity (Wildman–Crippen MR) is 113 cm³/mol. The average Bonchev–Trinajstić information content (AvgIpc) is 3.34. The summed E-state index contributed by atoms with van der Waals surface area (Å²) in [5.74, 6) is 1.58. The molecule has 8 nitrogen and oxygen atoms in total. The van der Waals surface area contributed by atoms with Crippen LogP contribution < -0.4 is 9.62 Å². The monoisotopic (exact) mass is 430 g/mol. The van der Waals surface area contributed by atoms with E-state index in [2.05, 4.69) is 15.5 Å². The fraction of sp³-hybridized carbons (Fsp3) is 0.476. The fourth-order valence-electron chi connectivity index (χ4n) is 3.45. The molecule has 1 unspecified atom stereocenters. The van der Waals surface area contributed by atoms with Crippen LogP contribution in [0.5, 0.6) is 0 Å². The van der Waals surface area contributed by atoms with Crippen molar-refractivity contribution < 1.29 is 17.7 Å². The molecule has 1 saturated carbocycles. The first-order valence-corrected chi connectivity index (χ1v) is 11.9. The molecular formula is C21H26N4O4S. The highest BCUT2D eigenvalue weighted by Crippen LogP contribution is 2.38. The summed E-state index contributed by atoms with van der Waals surface area (Å²) in [6, 6.07) is 6.76. The van der Waals surface area contributed by atoms with Crippen LogP contribution in [-0.4, -0.2) is 36.8 Å². The number of sulfonamides is 1. The van der Waals surface area contributed by atoms with Crippen molar-refractivity contribution in [2.45, 2.75) is 45.1 Å². The van der Waals surface area contributed by atoms with Gasteiger partial charge in [-0.05, 0) is 49.0 Å². The maximum atomic E-state index is 12.4. The number of nitrogens with one attached hydrogen (secondary N) is 1. The van der Waals surface area contributed by atoms with E-state index in [1.54, 1.807) is 30.3 Å². The van der Waals surface area contributed by atoms with Crippen molar-refractivity contribution in [3.8, 4) is 0 Å². The molecule has 1 aliphatic carbocycles. The number of amides is 1. The largest absolute Gasteiger partial charge is 0.340 e. The lowest BCUT2D eigenvalue weighted by molar-refractivity contribution is -0.117. The molecule has 0 radical (unpaired) electrons. The Hall–Kier alpha value is -2.68. The molecule has 2 aromatic rings. The third-order valence-corrected chi connectivity index (χ3v) is 7.21. The molecule has 160 valence electrons. The van der Waals surface area contributed by atoms with Gasteiger partial charge in [-0.3, -0.25) is 9.10 Å². The van der Waals surface area contributed by atoms with Gasteiger partial charge in [0.15, 0.2) is 5.82 Å². The molecule has 0 bridgehead atoms. The van der Waals surface area contributed by atoms with Crippen LogP contribution in [0.4, 0.5) is 5.69 Å². The Labute approximate surface area is 176 Å². The highest BCUT2D eigenvalue weighted by atomic mass is 32.2. The Morgan fingerprint density at radius 2 is 2.00 bits per heavy atom. The standard InChI is InChI=1S/C21H26N4O4S/c1-14(2)19(21-23-20(24-29-21)16-7-8-16)22-18(26)11-6-15-4-9-17(10-5-15)25-12-3-13-30(25,27)28/h4-6,9-11,14,16,19H,3,7-8,12-13H2,1-2H3,(H,22,26)/b11-6+. The molecular weight excluding hydrogens is 404 g/mol. The Morgan fingerprint density at radius 3 is 2.60 bits per heavy atom. The van der Waals surface area contributed by atoms with Gasteiger partial charge in [-0.15, -0.1) is 0 Å². The lowest BCUT2D eigenvalue weighted by Gasteiger charge is -2.17. The summed E-state index contributed by atoms with van der Waals surface area (Å²) >= 11 is 0. The summed E-state index contributed by atoms with van der Waals surface area (Å²) in [7, 11) is -3.20. The maximum absolute atomic E-state index is 12.4. The van der Waals surface area contributed by atoms with Crippen LogP contribution >= 0.6 is 0 Å². The summed E-state index contributed by atoms with van der Waals surface area (Å²) < 4.78 is 30.9. The number of rotatable bonds is 7. The maximum Gasteiger partial charge on any atom is 0.249 e. The molecule has 1 saturated heterocycles. The SMILES string of the molecule is CC(C)C(NC(=O)/C=C/c1ccc(N2CCCS2(=O)=O)cc1)c1nc(C2CC2)no1. The van der Waals surface area contributed by atoms with E-state index in [9.17, 15) is 13.2 Å². The van der Waals surface area contributed by atoms with E-state index < -0.39 is 10.0 Å². The first-order valence-electron chi connectivity index (χ1n) is 10.3. The molecule has 1 N–H and O–H groups in total. The van der Waals surface area contributed by atoms with Gasteiger partial charge in [0, 0.05) is 18.5 Å². The van der Waals surface area contributed by atoms with Gasteiger partial charge in [-0.1, -0.05) is 31.1 Å². The smallest absolute Gasteiger partial charge is 0.249 e. The zero-order valence-corrected chi connectivity index (χ0v) is 17.9. The van der Waals surface area contributed by atoms with Crippen molar-refractivity contribution >= 4 is 27.7 Å². The predicted octanol–water partition coefficient (Wildman–Crippen LogP) is 3.01. The van der Waals surface area contributed by atoms with E-state index in [-0.39, 0.29) is 23.6 Å².